The molecule has 2 heterocycles. The Kier molecular flexibility index (Phi) is 4.26. The topological polar surface area (TPSA) is 63.2 Å². The first-order valence-corrected chi connectivity index (χ1v) is 6.27. The van der Waals surface area contributed by atoms with Crippen molar-refractivity contribution in [1.82, 2.24) is 0 Å². The third-order valence-electron chi connectivity index (χ3n) is 2.97. The van der Waals surface area contributed by atoms with Crippen LogP contribution in [0.1, 0.15) is 0 Å². The van der Waals surface area contributed by atoms with Gasteiger partial charge in [0.1, 0.15) is 18.3 Å². The summed E-state index contributed by atoms with van der Waals surface area (Å²) in [6, 6.07) is 0. The number of carbonyl (C=O) groups is 1. The molecule has 2 rings (SSSR count). The van der Waals surface area contributed by atoms with Gasteiger partial charge in [0.05, 0.1) is 0 Å². The van der Waals surface area contributed by atoms with Gasteiger partial charge >= 0.3 is 5.30 Å². The summed E-state index contributed by atoms with van der Waals surface area (Å²) in [5.74, 6) is 0.541. The number of carbonyl (C=O) groups excluding carboxylic acids is 1. The Labute approximate surface area is 104 Å². The number of ether oxygens (including phenoxy) is 5. The maximum absolute atomic E-state index is 11.3. The van der Waals surface area contributed by atoms with Gasteiger partial charge in [0.25, 0.3) is 0 Å². The van der Waals surface area contributed by atoms with Crippen molar-refractivity contribution in [2.24, 2.45) is 0 Å². The Balaban J connectivity index is 2.17. The molecule has 0 aromatic rings. The number of fused-ring (bicyclic) bond motifs is 1. The summed E-state index contributed by atoms with van der Waals surface area (Å²) in [5.41, 5.74) is 0. The van der Waals surface area contributed by atoms with E-state index in [-0.39, 0.29) is 17.5 Å². The summed E-state index contributed by atoms with van der Waals surface area (Å²) >= 11 is 1.10. The molecule has 0 aromatic heterocycles. The molecule has 0 radical (unpaired) electrons. The van der Waals surface area contributed by atoms with Crippen LogP contribution in [0.5, 0.6) is 0 Å². The largest absolute Gasteiger partial charge is 0.449 e. The van der Waals surface area contributed by atoms with E-state index in [1.807, 2.05) is 0 Å². The lowest BCUT2D eigenvalue weighted by Gasteiger charge is -2.45. The molecule has 0 aromatic carbocycles. The zero-order valence-corrected chi connectivity index (χ0v) is 10.8. The maximum atomic E-state index is 11.3. The fourth-order valence-electron chi connectivity index (χ4n) is 2.16. The number of hydrogen-bond donors (Lipinski definition) is 0. The Hall–Kier alpha value is -0.340. The molecule has 5 atom stereocenters. The molecule has 7 heteroatoms. The van der Waals surface area contributed by atoms with E-state index < -0.39 is 18.5 Å². The second-order valence-corrected chi connectivity index (χ2v) is 4.78. The van der Waals surface area contributed by atoms with Crippen LogP contribution in [0.25, 0.3) is 0 Å². The molecular formula is C10H16O6S. The first-order valence-electron chi connectivity index (χ1n) is 5.28. The van der Waals surface area contributed by atoms with Crippen LogP contribution in [0.3, 0.4) is 0 Å². The molecule has 17 heavy (non-hydrogen) atoms. The minimum atomic E-state index is -0.511. The third kappa shape index (κ3) is 2.43. The van der Waals surface area contributed by atoms with Gasteiger partial charge in [0.15, 0.2) is 12.4 Å². The molecule has 0 amide bonds. The standard InChI is InChI=1S/C10H16O6S/c1-12-7-6-5(4-17-10(11)16-6)15-9(14-3)8(7)13-2/h5-9H,4H2,1-3H3/t5-,6-,7+,8-,9+/m1/s1. The molecule has 0 saturated carbocycles. The van der Waals surface area contributed by atoms with Crippen molar-refractivity contribution in [3.8, 4) is 0 Å². The van der Waals surface area contributed by atoms with Crippen molar-refractivity contribution >= 4 is 17.1 Å². The van der Waals surface area contributed by atoms with Crippen molar-refractivity contribution in [1.29, 1.82) is 0 Å². The number of thioether (sulfide) groups is 1. The molecular weight excluding hydrogens is 248 g/mol. The van der Waals surface area contributed by atoms with Gasteiger partial charge in [-0.1, -0.05) is 0 Å². The van der Waals surface area contributed by atoms with Crippen LogP contribution in [-0.2, 0) is 23.7 Å². The fraction of sp³-hybridized carbons (Fsp3) is 0.900. The van der Waals surface area contributed by atoms with Crippen molar-refractivity contribution in [2.45, 2.75) is 30.7 Å². The molecule has 6 nitrogen and oxygen atoms in total. The van der Waals surface area contributed by atoms with E-state index in [9.17, 15) is 4.79 Å². The minimum Gasteiger partial charge on any atom is -0.449 e. The smallest absolute Gasteiger partial charge is 0.367 e. The molecule has 0 spiro atoms. The quantitative estimate of drug-likeness (QED) is 0.693. The molecule has 0 bridgehead atoms. The lowest BCUT2D eigenvalue weighted by atomic mass is 9.99. The summed E-state index contributed by atoms with van der Waals surface area (Å²) in [4.78, 5) is 11.3. The van der Waals surface area contributed by atoms with Crippen molar-refractivity contribution in [2.75, 3.05) is 27.1 Å². The van der Waals surface area contributed by atoms with Crippen LogP contribution in [0.15, 0.2) is 0 Å². The predicted octanol–water partition coefficient (Wildman–Crippen LogP) is 0.640. The van der Waals surface area contributed by atoms with Crippen LogP contribution in [0.2, 0.25) is 0 Å². The second-order valence-electron chi connectivity index (χ2n) is 3.82. The normalized spacial score (nSPS) is 41.8. The average molecular weight is 264 g/mol. The van der Waals surface area contributed by atoms with Gasteiger partial charge in [-0.3, -0.25) is 0 Å². The number of rotatable bonds is 3. The van der Waals surface area contributed by atoms with E-state index in [1.54, 1.807) is 21.3 Å². The highest BCUT2D eigenvalue weighted by Crippen LogP contribution is 2.33. The van der Waals surface area contributed by atoms with Gasteiger partial charge in [-0.2, -0.15) is 0 Å². The van der Waals surface area contributed by atoms with Crippen LogP contribution in [0.4, 0.5) is 4.79 Å². The first kappa shape index (κ1) is 13.1. The minimum absolute atomic E-state index is 0.223. The highest BCUT2D eigenvalue weighted by atomic mass is 32.2. The van der Waals surface area contributed by atoms with E-state index in [4.69, 9.17) is 23.7 Å². The number of methoxy groups -OCH3 is 3. The number of hydrogen-bond acceptors (Lipinski definition) is 7. The van der Waals surface area contributed by atoms with Crippen LogP contribution < -0.4 is 0 Å². The van der Waals surface area contributed by atoms with Gasteiger partial charge < -0.3 is 23.7 Å². The monoisotopic (exact) mass is 264 g/mol. The van der Waals surface area contributed by atoms with E-state index in [0.29, 0.717) is 5.75 Å². The molecule has 2 fully saturated rings. The Bertz CT molecular complexity index is 286. The summed E-state index contributed by atoms with van der Waals surface area (Å²) in [7, 11) is 4.65. The summed E-state index contributed by atoms with van der Waals surface area (Å²) in [6.07, 6.45) is -1.97. The Morgan fingerprint density at radius 2 is 1.88 bits per heavy atom. The molecule has 0 N–H and O–H groups in total. The van der Waals surface area contributed by atoms with E-state index in [0.717, 1.165) is 11.8 Å². The zero-order chi connectivity index (χ0) is 12.4. The lowest BCUT2D eigenvalue weighted by Crippen LogP contribution is -2.62. The molecule has 0 unspecified atom stereocenters. The van der Waals surface area contributed by atoms with Gasteiger partial charge in [-0.25, -0.2) is 4.79 Å². The summed E-state index contributed by atoms with van der Waals surface area (Å²) in [5, 5.41) is -0.303. The molecule has 2 aliphatic rings. The average Bonchev–Trinajstić information content (AvgIpc) is 2.36. The highest BCUT2D eigenvalue weighted by molar-refractivity contribution is 8.13. The highest BCUT2D eigenvalue weighted by Gasteiger charge is 2.50. The summed E-state index contributed by atoms with van der Waals surface area (Å²) < 4.78 is 26.9. The Morgan fingerprint density at radius 3 is 2.47 bits per heavy atom. The van der Waals surface area contributed by atoms with Crippen LogP contribution in [-0.4, -0.2) is 63.1 Å². The lowest BCUT2D eigenvalue weighted by molar-refractivity contribution is -0.293. The maximum Gasteiger partial charge on any atom is 0.367 e. The molecule has 2 aliphatic heterocycles. The molecule has 98 valence electrons. The van der Waals surface area contributed by atoms with Crippen molar-refractivity contribution in [3.63, 3.8) is 0 Å². The van der Waals surface area contributed by atoms with Gasteiger partial charge in [0.2, 0.25) is 0 Å². The van der Waals surface area contributed by atoms with E-state index >= 15 is 0 Å². The first-order chi connectivity index (χ1) is 8.21. The molecule has 2 saturated heterocycles. The summed E-state index contributed by atoms with van der Waals surface area (Å²) in [6.45, 7) is 0. The van der Waals surface area contributed by atoms with Crippen LogP contribution >= 0.6 is 11.8 Å². The van der Waals surface area contributed by atoms with Gasteiger partial charge in [-0.05, 0) is 11.8 Å². The van der Waals surface area contributed by atoms with Gasteiger partial charge in [-0.15, -0.1) is 0 Å². The van der Waals surface area contributed by atoms with E-state index in [2.05, 4.69) is 0 Å². The van der Waals surface area contributed by atoms with Crippen molar-refractivity contribution < 1.29 is 28.5 Å². The third-order valence-corrected chi connectivity index (χ3v) is 3.79. The second kappa shape index (κ2) is 5.53. The van der Waals surface area contributed by atoms with E-state index in [1.165, 1.54) is 0 Å². The SMILES string of the molecule is CO[C@H]1O[C@@H]2CSC(=O)O[C@H]2[C@H](OC)[C@H]1OC. The predicted molar refractivity (Wildman–Crippen MR) is 60.0 cm³/mol. The zero-order valence-electron chi connectivity index (χ0n) is 9.95. The van der Waals surface area contributed by atoms with Crippen LogP contribution in [0, 0.1) is 0 Å². The van der Waals surface area contributed by atoms with Gasteiger partial charge in [0, 0.05) is 27.1 Å². The Morgan fingerprint density at radius 1 is 1.18 bits per heavy atom. The fourth-order valence-corrected chi connectivity index (χ4v) is 2.90. The van der Waals surface area contributed by atoms with Crippen molar-refractivity contribution in [3.05, 3.63) is 0 Å². The molecule has 0 aliphatic carbocycles.